The van der Waals surface area contributed by atoms with Gasteiger partial charge in [0.25, 0.3) is 0 Å². The Morgan fingerprint density at radius 1 is 0.906 bits per heavy atom. The smallest absolute Gasteiger partial charge is 0.156 e. The summed E-state index contributed by atoms with van der Waals surface area (Å²) in [5.74, 6) is 1.65. The molecule has 5 nitrogen and oxygen atoms in total. The Balaban J connectivity index is 1.76. The Hall–Kier alpha value is -1.79. The van der Waals surface area contributed by atoms with E-state index in [1.54, 1.807) is 12.1 Å². The highest BCUT2D eigenvalue weighted by molar-refractivity contribution is 6.55. The van der Waals surface area contributed by atoms with Crippen molar-refractivity contribution in [2.75, 3.05) is 26.4 Å². The summed E-state index contributed by atoms with van der Waals surface area (Å²) in [6.07, 6.45) is 3.09. The fourth-order valence-corrected chi connectivity index (χ4v) is 3.16. The first kappa shape index (κ1) is 26.5. The van der Waals surface area contributed by atoms with Crippen molar-refractivity contribution in [3.8, 4) is 17.2 Å². The number of halogens is 4. The van der Waals surface area contributed by atoms with E-state index < -0.39 is 0 Å². The lowest BCUT2D eigenvalue weighted by molar-refractivity contribution is 0.145. The lowest BCUT2D eigenvalue weighted by Gasteiger charge is -2.12. The van der Waals surface area contributed by atoms with Crippen LogP contribution >= 0.6 is 46.4 Å². The minimum Gasteiger partial charge on any atom is -0.493 e. The second-order valence-electron chi connectivity index (χ2n) is 6.61. The van der Waals surface area contributed by atoms with E-state index in [2.05, 4.69) is 5.16 Å². The molecule has 0 aromatic heterocycles. The summed E-state index contributed by atoms with van der Waals surface area (Å²) in [5.41, 5.74) is 1.80. The summed E-state index contributed by atoms with van der Waals surface area (Å²) in [6.45, 7) is 5.63. The molecule has 0 amide bonds. The molecule has 0 unspecified atom stereocenters. The molecule has 0 fully saturated rings. The van der Waals surface area contributed by atoms with Gasteiger partial charge in [-0.3, -0.25) is 0 Å². The number of oxime groups is 1. The van der Waals surface area contributed by atoms with Gasteiger partial charge in [-0.1, -0.05) is 58.5 Å². The van der Waals surface area contributed by atoms with Crippen molar-refractivity contribution in [2.24, 2.45) is 5.16 Å². The number of nitrogens with zero attached hydrogens (tertiary/aromatic N) is 1. The highest BCUT2D eigenvalue weighted by atomic mass is 35.5. The van der Waals surface area contributed by atoms with E-state index >= 15 is 0 Å². The number of hydrogen-bond donors (Lipinski definition) is 0. The molecule has 0 bridgehead atoms. The number of rotatable bonds is 13. The van der Waals surface area contributed by atoms with Crippen molar-refractivity contribution in [3.63, 3.8) is 0 Å². The summed E-state index contributed by atoms with van der Waals surface area (Å²) in [4.78, 5) is 5.21. The van der Waals surface area contributed by atoms with Crippen LogP contribution in [-0.4, -0.2) is 32.1 Å². The fraction of sp³-hybridized carbons (Fsp3) is 0.348. The van der Waals surface area contributed by atoms with Crippen LogP contribution in [0.4, 0.5) is 0 Å². The molecule has 0 N–H and O–H groups in total. The van der Waals surface area contributed by atoms with Gasteiger partial charge in [-0.05, 0) is 49.2 Å². The van der Waals surface area contributed by atoms with Crippen LogP contribution in [0.1, 0.15) is 32.3 Å². The van der Waals surface area contributed by atoms with Crippen molar-refractivity contribution in [1.29, 1.82) is 0 Å². The van der Waals surface area contributed by atoms with Crippen molar-refractivity contribution in [1.82, 2.24) is 0 Å². The summed E-state index contributed by atoms with van der Waals surface area (Å²) < 4.78 is 17.1. The Kier molecular flexibility index (Phi) is 11.9. The van der Waals surface area contributed by atoms with Crippen molar-refractivity contribution < 1.29 is 19.0 Å². The van der Waals surface area contributed by atoms with E-state index in [0.717, 1.165) is 23.4 Å². The van der Waals surface area contributed by atoms with Gasteiger partial charge in [0.2, 0.25) is 0 Å². The van der Waals surface area contributed by atoms with Crippen LogP contribution in [0.3, 0.4) is 0 Å². The summed E-state index contributed by atoms with van der Waals surface area (Å²) in [7, 11) is 0. The molecule has 0 aliphatic carbocycles. The van der Waals surface area contributed by atoms with Gasteiger partial charge < -0.3 is 19.0 Å². The molecule has 2 aromatic rings. The SMILES string of the molecule is CCCON=C(C)c1ccc(OCCCOc2c(Cl)cc(OCC=C(Cl)Cl)cc2Cl)cc1. The lowest BCUT2D eigenvalue weighted by Crippen LogP contribution is -2.06. The van der Waals surface area contributed by atoms with Crippen LogP contribution in [0.5, 0.6) is 17.2 Å². The molecule has 32 heavy (non-hydrogen) atoms. The monoisotopic (exact) mass is 519 g/mol. The quantitative estimate of drug-likeness (QED) is 0.154. The minimum absolute atomic E-state index is 0.126. The second kappa shape index (κ2) is 14.4. The summed E-state index contributed by atoms with van der Waals surface area (Å²) >= 11 is 23.6. The molecule has 0 saturated heterocycles. The molecule has 0 aliphatic heterocycles. The van der Waals surface area contributed by atoms with Gasteiger partial charge in [0.15, 0.2) is 5.75 Å². The van der Waals surface area contributed by atoms with Crippen LogP contribution in [0, 0.1) is 0 Å². The molecule has 0 radical (unpaired) electrons. The summed E-state index contributed by atoms with van der Waals surface area (Å²) in [6, 6.07) is 10.9. The standard InChI is InChI=1S/C23H25Cl4NO4/c1-3-10-32-28-16(2)17-5-7-18(8-6-17)29-11-4-12-31-23-20(24)14-19(15-21(23)25)30-13-9-22(26)27/h5-9,14-15H,3-4,10-13H2,1-2H3. The van der Waals surface area contributed by atoms with Gasteiger partial charge in [0, 0.05) is 18.6 Å². The predicted octanol–water partition coefficient (Wildman–Crippen LogP) is 7.69. The van der Waals surface area contributed by atoms with Gasteiger partial charge in [0.05, 0.1) is 29.0 Å². The first-order valence-electron chi connectivity index (χ1n) is 10.1. The van der Waals surface area contributed by atoms with E-state index in [9.17, 15) is 0 Å². The molecular formula is C23H25Cl4NO4. The maximum absolute atomic E-state index is 6.26. The molecule has 174 valence electrons. The van der Waals surface area contributed by atoms with Crippen molar-refractivity contribution >= 4 is 52.1 Å². The maximum atomic E-state index is 6.26. The first-order chi connectivity index (χ1) is 15.4. The van der Waals surface area contributed by atoms with E-state index in [-0.39, 0.29) is 11.1 Å². The second-order valence-corrected chi connectivity index (χ2v) is 8.43. The molecule has 0 spiro atoms. The number of hydrogen-bond acceptors (Lipinski definition) is 5. The highest BCUT2D eigenvalue weighted by Gasteiger charge is 2.11. The third-order valence-corrected chi connectivity index (χ3v) is 4.90. The van der Waals surface area contributed by atoms with Gasteiger partial charge >= 0.3 is 0 Å². The van der Waals surface area contributed by atoms with Crippen molar-refractivity contribution in [2.45, 2.75) is 26.7 Å². The molecule has 9 heteroatoms. The average Bonchev–Trinajstić information content (AvgIpc) is 2.75. The van der Waals surface area contributed by atoms with Crippen LogP contribution in [-0.2, 0) is 4.84 Å². The van der Waals surface area contributed by atoms with Crippen LogP contribution < -0.4 is 14.2 Å². The van der Waals surface area contributed by atoms with E-state index in [1.165, 1.54) is 6.08 Å². The number of benzene rings is 2. The topological polar surface area (TPSA) is 49.3 Å². The molecular weight excluding hydrogens is 496 g/mol. The normalized spacial score (nSPS) is 11.1. The van der Waals surface area contributed by atoms with Crippen molar-refractivity contribution in [3.05, 3.63) is 62.6 Å². The van der Waals surface area contributed by atoms with Gasteiger partial charge in [-0.2, -0.15) is 0 Å². The van der Waals surface area contributed by atoms with E-state index in [4.69, 9.17) is 65.5 Å². The zero-order chi connectivity index (χ0) is 23.3. The zero-order valence-corrected chi connectivity index (χ0v) is 20.9. The van der Waals surface area contributed by atoms with Gasteiger partial charge in [-0.15, -0.1) is 0 Å². The third kappa shape index (κ3) is 9.37. The maximum Gasteiger partial charge on any atom is 0.156 e. The van der Waals surface area contributed by atoms with Crippen LogP contribution in [0.15, 0.2) is 52.1 Å². The van der Waals surface area contributed by atoms with Gasteiger partial charge in [0.1, 0.15) is 29.2 Å². The van der Waals surface area contributed by atoms with E-state index in [0.29, 0.717) is 47.8 Å². The Labute approximate surface area is 208 Å². The molecule has 0 saturated carbocycles. The third-order valence-electron chi connectivity index (χ3n) is 4.03. The van der Waals surface area contributed by atoms with E-state index in [1.807, 2.05) is 38.1 Å². The fourth-order valence-electron chi connectivity index (χ4n) is 2.46. The van der Waals surface area contributed by atoms with Crippen LogP contribution in [0.25, 0.3) is 0 Å². The Bertz CT molecular complexity index is 890. The minimum atomic E-state index is 0.126. The summed E-state index contributed by atoms with van der Waals surface area (Å²) in [5, 5.41) is 4.79. The molecule has 2 aromatic carbocycles. The Morgan fingerprint density at radius 3 is 2.19 bits per heavy atom. The largest absolute Gasteiger partial charge is 0.493 e. The zero-order valence-electron chi connectivity index (χ0n) is 17.9. The molecule has 0 heterocycles. The molecule has 2 rings (SSSR count). The predicted molar refractivity (Wildman–Crippen MR) is 132 cm³/mol. The highest BCUT2D eigenvalue weighted by Crippen LogP contribution is 2.37. The Morgan fingerprint density at radius 2 is 1.56 bits per heavy atom. The average molecular weight is 521 g/mol. The lowest BCUT2D eigenvalue weighted by atomic mass is 10.1. The number of ether oxygens (including phenoxy) is 3. The van der Waals surface area contributed by atoms with Crippen LogP contribution in [0.2, 0.25) is 10.0 Å². The van der Waals surface area contributed by atoms with Gasteiger partial charge in [-0.25, -0.2) is 0 Å². The first-order valence-corrected chi connectivity index (χ1v) is 11.6. The molecule has 0 atom stereocenters. The molecule has 0 aliphatic rings.